The molecule has 0 rings (SSSR count). The molecule has 0 saturated heterocycles. The predicted molar refractivity (Wildman–Crippen MR) is 42.0 cm³/mol. The summed E-state index contributed by atoms with van der Waals surface area (Å²) in [6, 6.07) is 0. The van der Waals surface area contributed by atoms with Crippen LogP contribution >= 0.6 is 27.6 Å². The van der Waals surface area contributed by atoms with Crippen LogP contribution in [0.4, 0.5) is 0 Å². The topological polar surface area (TPSA) is 135 Å². The standard InChI is InChI=1S/C2H8O7P2.ClH/c1-2(3,10(4,5)6)11(7,8)9;/h3H,1H3,(H2,4,5,6)(H2,7,8,9);1H. The Bertz CT molecular complexity index is 212. The van der Waals surface area contributed by atoms with Gasteiger partial charge in [-0.2, -0.15) is 0 Å². The molecule has 10 heteroatoms. The maximum atomic E-state index is 10.3. The molecule has 76 valence electrons. The lowest BCUT2D eigenvalue weighted by molar-refractivity contribution is 0.146. The SMILES string of the molecule is CC(O)(P(=O)(O)O)P(=O)(O)O.Cl. The molecule has 0 saturated carbocycles. The van der Waals surface area contributed by atoms with E-state index in [1.54, 1.807) is 0 Å². The fourth-order valence-corrected chi connectivity index (χ4v) is 1.53. The predicted octanol–water partition coefficient (Wildman–Crippen LogP) is -0.570. The molecule has 7 nitrogen and oxygen atoms in total. The molecule has 0 radical (unpaired) electrons. The highest BCUT2D eigenvalue weighted by Crippen LogP contribution is 2.66. The highest BCUT2D eigenvalue weighted by molar-refractivity contribution is 7.71. The molecule has 0 unspecified atom stereocenters. The van der Waals surface area contributed by atoms with Gasteiger partial charge in [0.2, 0.25) is 0 Å². The molecule has 0 aromatic rings. The molecule has 0 aliphatic heterocycles. The molecular formula is C2H9ClO7P2. The summed E-state index contributed by atoms with van der Waals surface area (Å²) in [7, 11) is -10.4. The molecule has 12 heavy (non-hydrogen) atoms. The summed E-state index contributed by atoms with van der Waals surface area (Å²) in [4.78, 5) is 33.0. The van der Waals surface area contributed by atoms with Gasteiger partial charge in [0.15, 0.2) is 0 Å². The lowest BCUT2D eigenvalue weighted by Gasteiger charge is -2.24. The fraction of sp³-hybridized carbons (Fsp3) is 1.00. The summed E-state index contributed by atoms with van der Waals surface area (Å²) >= 11 is 0. The van der Waals surface area contributed by atoms with E-state index >= 15 is 0 Å². The van der Waals surface area contributed by atoms with Crippen molar-refractivity contribution in [3.63, 3.8) is 0 Å². The lowest BCUT2D eigenvalue weighted by Crippen LogP contribution is -2.23. The second kappa shape index (κ2) is 3.74. The van der Waals surface area contributed by atoms with Crippen LogP contribution in [0.3, 0.4) is 0 Å². The van der Waals surface area contributed by atoms with Crippen LogP contribution in [0, 0.1) is 0 Å². The number of hydrogen-bond acceptors (Lipinski definition) is 3. The van der Waals surface area contributed by atoms with Crippen molar-refractivity contribution in [3.8, 4) is 0 Å². The Labute approximate surface area is 74.2 Å². The molecule has 0 bridgehead atoms. The maximum absolute atomic E-state index is 10.3. The summed E-state index contributed by atoms with van der Waals surface area (Å²) in [5.41, 5.74) is 0. The number of halogens is 1. The minimum absolute atomic E-state index is 0. The van der Waals surface area contributed by atoms with Gasteiger partial charge >= 0.3 is 15.2 Å². The zero-order valence-electron chi connectivity index (χ0n) is 5.86. The molecule has 0 aromatic carbocycles. The van der Waals surface area contributed by atoms with E-state index in [-0.39, 0.29) is 12.4 Å². The van der Waals surface area contributed by atoms with Crippen molar-refractivity contribution in [3.05, 3.63) is 0 Å². The van der Waals surface area contributed by atoms with Crippen molar-refractivity contribution < 1.29 is 33.8 Å². The van der Waals surface area contributed by atoms with E-state index in [0.29, 0.717) is 6.92 Å². The first-order valence-corrected chi connectivity index (χ1v) is 5.56. The van der Waals surface area contributed by atoms with Crippen LogP contribution in [0.15, 0.2) is 0 Å². The van der Waals surface area contributed by atoms with Crippen molar-refractivity contribution in [2.75, 3.05) is 0 Å². The van der Waals surface area contributed by atoms with E-state index in [9.17, 15) is 9.13 Å². The number of rotatable bonds is 2. The van der Waals surface area contributed by atoms with E-state index in [2.05, 4.69) is 0 Å². The van der Waals surface area contributed by atoms with Gasteiger partial charge in [-0.1, -0.05) is 0 Å². The van der Waals surface area contributed by atoms with Crippen molar-refractivity contribution in [2.24, 2.45) is 0 Å². The zero-order valence-corrected chi connectivity index (χ0v) is 8.46. The largest absolute Gasteiger partial charge is 0.369 e. The van der Waals surface area contributed by atoms with Gasteiger partial charge < -0.3 is 24.7 Å². The molecule has 0 aliphatic carbocycles. The highest BCUT2D eigenvalue weighted by atomic mass is 35.5. The Balaban J connectivity index is 0. The first-order chi connectivity index (χ1) is 4.50. The first-order valence-electron chi connectivity index (χ1n) is 2.34. The van der Waals surface area contributed by atoms with Crippen LogP contribution in [0.1, 0.15) is 6.92 Å². The third kappa shape index (κ3) is 2.80. The summed E-state index contributed by atoms with van der Waals surface area (Å²) in [6.45, 7) is 0.383. The second-order valence-electron chi connectivity index (χ2n) is 2.06. The Kier molecular flexibility index (Phi) is 4.68. The minimum atomic E-state index is -5.20. The van der Waals surface area contributed by atoms with Gasteiger partial charge in [-0.3, -0.25) is 9.13 Å². The monoisotopic (exact) mass is 242 g/mol. The van der Waals surface area contributed by atoms with Gasteiger partial charge in [0, 0.05) is 0 Å². The normalized spacial score (nSPS) is 13.8. The minimum Gasteiger partial charge on any atom is -0.368 e. The van der Waals surface area contributed by atoms with Gasteiger partial charge in [0.25, 0.3) is 5.08 Å². The quantitative estimate of drug-likeness (QED) is 0.409. The first kappa shape index (κ1) is 15.0. The van der Waals surface area contributed by atoms with Crippen LogP contribution in [0.5, 0.6) is 0 Å². The van der Waals surface area contributed by atoms with Crippen molar-refractivity contribution in [2.45, 2.75) is 12.0 Å². The average Bonchev–Trinajstić information content (AvgIpc) is 1.58. The molecule has 0 aliphatic rings. The summed E-state index contributed by atoms with van der Waals surface area (Å²) in [5.74, 6) is 0. The Morgan fingerprint density at radius 2 is 1.17 bits per heavy atom. The van der Waals surface area contributed by atoms with Crippen molar-refractivity contribution in [1.82, 2.24) is 0 Å². The van der Waals surface area contributed by atoms with E-state index in [1.165, 1.54) is 0 Å². The molecule has 0 amide bonds. The zero-order chi connectivity index (χ0) is 9.50. The van der Waals surface area contributed by atoms with E-state index in [4.69, 9.17) is 24.7 Å². The average molecular weight is 242 g/mol. The van der Waals surface area contributed by atoms with E-state index in [0.717, 1.165) is 0 Å². The van der Waals surface area contributed by atoms with Gasteiger partial charge in [-0.05, 0) is 6.92 Å². The molecule has 0 aromatic heterocycles. The van der Waals surface area contributed by atoms with E-state index < -0.39 is 20.3 Å². The van der Waals surface area contributed by atoms with Gasteiger partial charge in [-0.25, -0.2) is 0 Å². The Morgan fingerprint density at radius 1 is 1.00 bits per heavy atom. The van der Waals surface area contributed by atoms with Gasteiger partial charge in [0.1, 0.15) is 0 Å². The van der Waals surface area contributed by atoms with Gasteiger partial charge in [0.05, 0.1) is 0 Å². The van der Waals surface area contributed by atoms with Crippen LogP contribution < -0.4 is 0 Å². The van der Waals surface area contributed by atoms with Crippen LogP contribution in [0.2, 0.25) is 0 Å². The second-order valence-corrected chi connectivity index (χ2v) is 6.33. The van der Waals surface area contributed by atoms with Crippen LogP contribution in [-0.2, 0) is 9.13 Å². The van der Waals surface area contributed by atoms with Crippen molar-refractivity contribution >= 4 is 27.6 Å². The summed E-state index contributed by atoms with van der Waals surface area (Å²) < 4.78 is 20.5. The maximum Gasteiger partial charge on any atom is 0.369 e. The molecule has 0 atom stereocenters. The van der Waals surface area contributed by atoms with Crippen LogP contribution in [-0.4, -0.2) is 29.8 Å². The number of hydrogen-bond donors (Lipinski definition) is 5. The molecule has 0 spiro atoms. The van der Waals surface area contributed by atoms with E-state index in [1.807, 2.05) is 0 Å². The molecule has 0 fully saturated rings. The smallest absolute Gasteiger partial charge is 0.368 e. The summed E-state index contributed by atoms with van der Waals surface area (Å²) in [6.07, 6.45) is 0. The van der Waals surface area contributed by atoms with Gasteiger partial charge in [-0.15, -0.1) is 12.4 Å². The Morgan fingerprint density at radius 3 is 1.17 bits per heavy atom. The third-order valence-corrected chi connectivity index (χ3v) is 4.87. The van der Waals surface area contributed by atoms with Crippen molar-refractivity contribution in [1.29, 1.82) is 0 Å². The third-order valence-electron chi connectivity index (χ3n) is 1.10. The molecule has 5 N–H and O–H groups in total. The number of aliphatic hydroxyl groups is 1. The lowest BCUT2D eigenvalue weighted by atomic mass is 10.9. The fourth-order valence-electron chi connectivity index (χ4n) is 0.170. The molecular weight excluding hydrogens is 233 g/mol. The summed E-state index contributed by atoms with van der Waals surface area (Å²) in [5, 5.41) is 5.37. The highest BCUT2D eigenvalue weighted by Gasteiger charge is 2.55. The Hall–Kier alpha value is 0.550. The molecule has 0 heterocycles. The van der Waals surface area contributed by atoms with Crippen LogP contribution in [0.25, 0.3) is 0 Å².